The van der Waals surface area contributed by atoms with Gasteiger partial charge in [-0.15, -0.1) is 0 Å². The Bertz CT molecular complexity index is 1100. The van der Waals surface area contributed by atoms with E-state index >= 15 is 0 Å². The highest BCUT2D eigenvalue weighted by Gasteiger charge is 2.19. The Labute approximate surface area is 156 Å². The minimum atomic E-state index is 0.682. The van der Waals surface area contributed by atoms with Gasteiger partial charge < -0.3 is 10.3 Å². The summed E-state index contributed by atoms with van der Waals surface area (Å²) in [6.07, 6.45) is 3.83. The Balaban J connectivity index is 1.93. The molecule has 0 amide bonds. The van der Waals surface area contributed by atoms with Gasteiger partial charge in [-0.2, -0.15) is 0 Å². The third-order valence-electron chi connectivity index (χ3n) is 4.23. The van der Waals surface area contributed by atoms with Gasteiger partial charge in [-0.05, 0) is 43.3 Å². The van der Waals surface area contributed by atoms with Gasteiger partial charge >= 0.3 is 0 Å². The number of nitrogens with one attached hydrogen (secondary N) is 2. The van der Waals surface area contributed by atoms with Gasteiger partial charge in [0.2, 0.25) is 5.52 Å². The first-order chi connectivity index (χ1) is 12.5. The predicted molar refractivity (Wildman–Crippen MR) is 105 cm³/mol. The summed E-state index contributed by atoms with van der Waals surface area (Å²) in [7, 11) is 4.09. The molecule has 6 nitrogen and oxygen atoms in total. The molecule has 2 aromatic carbocycles. The maximum absolute atomic E-state index is 6.14. The van der Waals surface area contributed by atoms with E-state index in [9.17, 15) is 0 Å². The first kappa shape index (κ1) is 16.8. The van der Waals surface area contributed by atoms with Gasteiger partial charge in [-0.1, -0.05) is 17.7 Å². The predicted octanol–water partition coefficient (Wildman–Crippen LogP) is 3.62. The van der Waals surface area contributed by atoms with E-state index in [1.165, 1.54) is 0 Å². The summed E-state index contributed by atoms with van der Waals surface area (Å²) in [6.45, 7) is 2.79. The summed E-state index contributed by atoms with van der Waals surface area (Å²) in [5.41, 5.74) is 4.48. The SMILES string of the molecule is Cc1nc2c(Nc3cccc(Cl)c3)c3nc[nH]c3cc2c[n+]1CN(C)C. The molecule has 0 saturated heterocycles. The van der Waals surface area contributed by atoms with Crippen molar-refractivity contribution in [2.75, 3.05) is 19.4 Å². The zero-order chi connectivity index (χ0) is 18.3. The molecule has 0 atom stereocenters. The van der Waals surface area contributed by atoms with E-state index in [0.717, 1.165) is 45.8 Å². The highest BCUT2D eigenvalue weighted by molar-refractivity contribution is 6.30. The Hall–Kier alpha value is -2.70. The molecule has 2 N–H and O–H groups in total. The Morgan fingerprint density at radius 1 is 1.23 bits per heavy atom. The van der Waals surface area contributed by atoms with Crippen molar-refractivity contribution in [1.82, 2.24) is 19.9 Å². The van der Waals surface area contributed by atoms with Crippen LogP contribution in [-0.4, -0.2) is 33.9 Å². The molecule has 2 aromatic heterocycles. The largest absolute Gasteiger partial charge is 0.350 e. The fraction of sp³-hybridized carbons (Fsp3) is 0.211. The molecule has 0 fully saturated rings. The van der Waals surface area contributed by atoms with Crippen LogP contribution in [0.2, 0.25) is 5.02 Å². The highest BCUT2D eigenvalue weighted by atomic mass is 35.5. The average molecular weight is 368 g/mol. The molecule has 0 aliphatic heterocycles. The van der Waals surface area contributed by atoms with Crippen molar-refractivity contribution in [2.24, 2.45) is 0 Å². The van der Waals surface area contributed by atoms with Crippen LogP contribution < -0.4 is 9.88 Å². The fourth-order valence-corrected chi connectivity index (χ4v) is 3.27. The second kappa shape index (κ2) is 6.55. The lowest BCUT2D eigenvalue weighted by Gasteiger charge is -2.12. The minimum Gasteiger partial charge on any atom is -0.350 e. The molecule has 4 rings (SSSR count). The number of halogens is 1. The first-order valence-electron chi connectivity index (χ1n) is 8.35. The quantitative estimate of drug-likeness (QED) is 0.541. The molecule has 0 aliphatic rings. The second-order valence-corrected chi connectivity index (χ2v) is 7.04. The number of anilines is 2. The lowest BCUT2D eigenvalue weighted by atomic mass is 10.1. The summed E-state index contributed by atoms with van der Waals surface area (Å²) < 4.78 is 2.13. The van der Waals surface area contributed by atoms with Crippen LogP contribution in [0.25, 0.3) is 21.9 Å². The lowest BCUT2D eigenvalue weighted by molar-refractivity contribution is -0.721. The summed E-state index contributed by atoms with van der Waals surface area (Å²) in [4.78, 5) is 14.7. The van der Waals surface area contributed by atoms with Gasteiger partial charge in [0.1, 0.15) is 24.1 Å². The number of rotatable bonds is 4. The highest BCUT2D eigenvalue weighted by Crippen LogP contribution is 2.32. The number of imidazole rings is 1. The maximum atomic E-state index is 6.14. The van der Waals surface area contributed by atoms with Gasteiger partial charge in [-0.3, -0.25) is 4.90 Å². The van der Waals surface area contributed by atoms with E-state index in [-0.39, 0.29) is 0 Å². The topological polar surface area (TPSA) is 60.7 Å². The van der Waals surface area contributed by atoms with Crippen molar-refractivity contribution in [3.05, 3.63) is 53.7 Å². The first-order valence-corrected chi connectivity index (χ1v) is 8.73. The zero-order valence-electron chi connectivity index (χ0n) is 14.9. The number of benzene rings is 2. The fourth-order valence-electron chi connectivity index (χ4n) is 3.08. The van der Waals surface area contributed by atoms with Crippen molar-refractivity contribution in [3.8, 4) is 0 Å². The number of hydrogen-bond donors (Lipinski definition) is 2. The second-order valence-electron chi connectivity index (χ2n) is 6.60. The molecule has 0 aliphatic carbocycles. The molecule has 132 valence electrons. The number of hydrogen-bond acceptors (Lipinski definition) is 4. The molecular formula is C19H20ClN6+. The van der Waals surface area contributed by atoms with Crippen LogP contribution in [0.4, 0.5) is 11.4 Å². The molecule has 0 radical (unpaired) electrons. The van der Waals surface area contributed by atoms with E-state index in [0.29, 0.717) is 5.02 Å². The molecule has 26 heavy (non-hydrogen) atoms. The van der Waals surface area contributed by atoms with E-state index in [2.05, 4.69) is 37.0 Å². The average Bonchev–Trinajstić information content (AvgIpc) is 3.04. The summed E-state index contributed by atoms with van der Waals surface area (Å²) >= 11 is 6.14. The van der Waals surface area contributed by atoms with Gasteiger partial charge in [-0.25, -0.2) is 9.55 Å². The molecule has 0 unspecified atom stereocenters. The molecule has 2 heterocycles. The summed E-state index contributed by atoms with van der Waals surface area (Å²) in [5, 5.41) is 5.18. The lowest BCUT2D eigenvalue weighted by Crippen LogP contribution is -2.44. The van der Waals surface area contributed by atoms with Crippen LogP contribution in [0.1, 0.15) is 5.82 Å². The van der Waals surface area contributed by atoms with Crippen LogP contribution in [0.3, 0.4) is 0 Å². The summed E-state index contributed by atoms with van der Waals surface area (Å²) in [5.74, 6) is 0.940. The van der Waals surface area contributed by atoms with Crippen LogP contribution in [0, 0.1) is 6.92 Å². The Morgan fingerprint density at radius 3 is 2.85 bits per heavy atom. The van der Waals surface area contributed by atoms with Crippen molar-refractivity contribution >= 4 is 44.9 Å². The number of fused-ring (bicyclic) bond motifs is 2. The van der Waals surface area contributed by atoms with Crippen molar-refractivity contribution < 1.29 is 4.57 Å². The number of aromatic amines is 1. The third kappa shape index (κ3) is 3.09. The zero-order valence-corrected chi connectivity index (χ0v) is 15.7. The third-order valence-corrected chi connectivity index (χ3v) is 4.46. The Kier molecular flexibility index (Phi) is 4.22. The number of aromatic nitrogens is 4. The Morgan fingerprint density at radius 2 is 2.08 bits per heavy atom. The maximum Gasteiger partial charge on any atom is 0.297 e. The number of nitrogens with zero attached hydrogens (tertiary/aromatic N) is 4. The molecule has 7 heteroatoms. The number of H-pyrrole nitrogens is 1. The van der Waals surface area contributed by atoms with Gasteiger partial charge in [0, 0.05) is 17.6 Å². The van der Waals surface area contributed by atoms with Gasteiger partial charge in [0.25, 0.3) is 5.82 Å². The molecule has 4 aromatic rings. The molecule has 0 saturated carbocycles. The van der Waals surface area contributed by atoms with Crippen molar-refractivity contribution in [3.63, 3.8) is 0 Å². The molecule has 0 bridgehead atoms. The van der Waals surface area contributed by atoms with Crippen molar-refractivity contribution in [2.45, 2.75) is 13.6 Å². The number of aryl methyl sites for hydroxylation is 1. The normalized spacial score (nSPS) is 11.6. The van der Waals surface area contributed by atoms with Crippen LogP contribution >= 0.6 is 11.6 Å². The molecule has 0 spiro atoms. The summed E-state index contributed by atoms with van der Waals surface area (Å²) in [6, 6.07) is 9.72. The van der Waals surface area contributed by atoms with E-state index in [4.69, 9.17) is 16.6 Å². The van der Waals surface area contributed by atoms with Gasteiger partial charge in [0.15, 0.2) is 0 Å². The van der Waals surface area contributed by atoms with Gasteiger partial charge in [0.05, 0.1) is 17.2 Å². The smallest absolute Gasteiger partial charge is 0.297 e. The standard InChI is InChI=1S/C19H19ClN6/c1-12-23-17-13(9-26(12)11-25(2)3)7-16-18(22-10-21-16)19(17)24-15-6-4-5-14(20)8-15/h4-10,24H,11H2,1-3H3/p+1. The monoisotopic (exact) mass is 367 g/mol. The van der Waals surface area contributed by atoms with Crippen LogP contribution in [0.5, 0.6) is 0 Å². The molecular weight excluding hydrogens is 348 g/mol. The van der Waals surface area contributed by atoms with E-state index < -0.39 is 0 Å². The van der Waals surface area contributed by atoms with Crippen LogP contribution in [-0.2, 0) is 6.67 Å². The minimum absolute atomic E-state index is 0.682. The van der Waals surface area contributed by atoms with E-state index in [1.54, 1.807) is 6.33 Å². The van der Waals surface area contributed by atoms with Crippen molar-refractivity contribution in [1.29, 1.82) is 0 Å². The van der Waals surface area contributed by atoms with Crippen LogP contribution in [0.15, 0.2) is 42.9 Å². The van der Waals surface area contributed by atoms with E-state index in [1.807, 2.05) is 45.3 Å².